The van der Waals surface area contributed by atoms with Crippen molar-refractivity contribution in [3.8, 4) is 12.3 Å². The number of benzene rings is 1. The highest BCUT2D eigenvalue weighted by Crippen LogP contribution is 2.43. The van der Waals surface area contributed by atoms with Crippen LogP contribution in [-0.2, 0) is 0 Å². The molecular weight excluding hydrogens is 518 g/mol. The van der Waals surface area contributed by atoms with E-state index in [1.54, 1.807) is 12.3 Å². The number of aromatic nitrogens is 1. The zero-order valence-electron chi connectivity index (χ0n) is 12.8. The highest BCUT2D eigenvalue weighted by atomic mass is 127. The number of hydrogen-bond donors (Lipinski definition) is 4. The summed E-state index contributed by atoms with van der Waals surface area (Å²) in [6.45, 7) is 0. The molecule has 1 aromatic heterocycles. The van der Waals surface area contributed by atoms with E-state index >= 15 is 0 Å². The van der Waals surface area contributed by atoms with E-state index in [1.165, 1.54) is 6.07 Å². The van der Waals surface area contributed by atoms with Gasteiger partial charge in [-0.05, 0) is 40.3 Å². The second-order valence-corrected chi connectivity index (χ2v) is 7.21. The van der Waals surface area contributed by atoms with Gasteiger partial charge in [-0.25, -0.2) is 14.4 Å². The number of nitriles is 2. The number of aliphatic imine (C=N–C) groups is 1. The summed E-state index contributed by atoms with van der Waals surface area (Å²) in [6.07, 6.45) is 1.75. The summed E-state index contributed by atoms with van der Waals surface area (Å²) in [4.78, 5) is 8.53. The van der Waals surface area contributed by atoms with Gasteiger partial charge in [-0.1, -0.05) is 15.9 Å². The number of pyridine rings is 1. The fourth-order valence-corrected chi connectivity index (χ4v) is 4.01. The first-order chi connectivity index (χ1) is 12.4. The van der Waals surface area contributed by atoms with Crippen molar-refractivity contribution in [2.75, 3.05) is 16.8 Å². The molecule has 0 bridgehead atoms. The zero-order chi connectivity index (χ0) is 19.0. The largest absolute Gasteiger partial charge is 0.397 e. The van der Waals surface area contributed by atoms with Crippen molar-refractivity contribution in [2.45, 2.75) is 6.04 Å². The molecule has 1 atom stereocenters. The number of anilines is 3. The number of fused-ring (bicyclic) bond motifs is 1. The third-order valence-electron chi connectivity index (χ3n) is 3.69. The predicted octanol–water partition coefficient (Wildman–Crippen LogP) is 2.57. The number of nitrogen functional groups attached to an aromatic ring is 2. The third kappa shape index (κ3) is 3.00. The van der Waals surface area contributed by atoms with Crippen LogP contribution in [0.5, 0.6) is 0 Å². The Morgan fingerprint density at radius 1 is 1.35 bits per heavy atom. The van der Waals surface area contributed by atoms with Crippen LogP contribution in [0.25, 0.3) is 0 Å². The van der Waals surface area contributed by atoms with E-state index in [1.807, 2.05) is 28.7 Å². The Hall–Kier alpha value is -2.64. The van der Waals surface area contributed by atoms with Crippen LogP contribution < -0.4 is 22.1 Å². The molecule has 0 fully saturated rings. The molecule has 8 nitrogen and oxygen atoms in total. The number of halogens is 3. The monoisotopic (exact) mass is 526 g/mol. The van der Waals surface area contributed by atoms with Gasteiger partial charge in [0.2, 0.25) is 5.96 Å². The normalized spacial score (nSPS) is 15.1. The molecule has 1 aliphatic heterocycles. The van der Waals surface area contributed by atoms with Crippen LogP contribution in [0.3, 0.4) is 0 Å². The van der Waals surface area contributed by atoms with Crippen LogP contribution in [0, 0.1) is 32.2 Å². The van der Waals surface area contributed by atoms with Gasteiger partial charge in [0.25, 0.3) is 0 Å². The van der Waals surface area contributed by atoms with E-state index in [0.29, 0.717) is 19.2 Å². The van der Waals surface area contributed by atoms with Gasteiger partial charge in [0, 0.05) is 13.6 Å². The SMILES string of the molecule is N#CNC1=NC(c2cc(F)c(I)cc2Br)c2c(nc(N)c(C#N)c2N)N1. The molecule has 1 aliphatic rings. The van der Waals surface area contributed by atoms with Crippen LogP contribution in [0.15, 0.2) is 21.6 Å². The first-order valence-corrected chi connectivity index (χ1v) is 8.87. The number of nitrogens with one attached hydrogen (secondary N) is 2. The lowest BCUT2D eigenvalue weighted by molar-refractivity contribution is 0.615. The van der Waals surface area contributed by atoms with Crippen LogP contribution >= 0.6 is 38.5 Å². The molecule has 1 unspecified atom stereocenters. The van der Waals surface area contributed by atoms with Crippen LogP contribution in [-0.4, -0.2) is 10.9 Å². The van der Waals surface area contributed by atoms with Crippen molar-refractivity contribution >= 4 is 61.8 Å². The molecular formula is C15H9BrFIN8. The summed E-state index contributed by atoms with van der Waals surface area (Å²) in [5, 5.41) is 23.4. The first kappa shape index (κ1) is 18.2. The Morgan fingerprint density at radius 2 is 2.08 bits per heavy atom. The summed E-state index contributed by atoms with van der Waals surface area (Å²) >= 11 is 5.28. The molecule has 0 saturated heterocycles. The Kier molecular flexibility index (Phi) is 4.84. The minimum atomic E-state index is -0.803. The fraction of sp³-hybridized carbons (Fsp3) is 0.0667. The predicted molar refractivity (Wildman–Crippen MR) is 106 cm³/mol. The third-order valence-corrected chi connectivity index (χ3v) is 5.21. The summed E-state index contributed by atoms with van der Waals surface area (Å²) < 4.78 is 15.2. The molecule has 26 heavy (non-hydrogen) atoms. The number of nitrogens with two attached hydrogens (primary N) is 2. The Labute approximate surface area is 169 Å². The van der Waals surface area contributed by atoms with Gasteiger partial charge in [-0.3, -0.25) is 5.32 Å². The molecule has 3 rings (SSSR count). The van der Waals surface area contributed by atoms with Crippen molar-refractivity contribution < 1.29 is 4.39 Å². The average molecular weight is 527 g/mol. The smallest absolute Gasteiger partial charge is 0.211 e. The van der Waals surface area contributed by atoms with Gasteiger partial charge in [0.15, 0.2) is 6.19 Å². The second kappa shape index (κ2) is 6.93. The van der Waals surface area contributed by atoms with Gasteiger partial charge < -0.3 is 16.8 Å². The standard InChI is InChI=1S/C15H9BrFIN8/c16-7-2-9(18)8(17)1-5(7)12-10-11(21)6(3-19)13(22)25-14(10)26-15(24-12)23-4-20/h1-2,12H,(H6,21,22,23,24,25,26). The van der Waals surface area contributed by atoms with E-state index in [4.69, 9.17) is 16.7 Å². The minimum Gasteiger partial charge on any atom is -0.397 e. The summed E-state index contributed by atoms with van der Waals surface area (Å²) in [6, 6.07) is 4.03. The maximum Gasteiger partial charge on any atom is 0.211 e. The maximum atomic E-state index is 14.2. The fourth-order valence-electron chi connectivity index (χ4n) is 2.55. The molecule has 2 heterocycles. The first-order valence-electron chi connectivity index (χ1n) is 7.00. The Balaban J connectivity index is 2.30. The van der Waals surface area contributed by atoms with E-state index in [-0.39, 0.29) is 28.8 Å². The molecule has 0 radical (unpaired) electrons. The number of guanidine groups is 1. The Bertz CT molecular complexity index is 1040. The second-order valence-electron chi connectivity index (χ2n) is 5.19. The lowest BCUT2D eigenvalue weighted by Gasteiger charge is -2.26. The summed E-state index contributed by atoms with van der Waals surface area (Å²) in [5.41, 5.74) is 12.9. The highest BCUT2D eigenvalue weighted by molar-refractivity contribution is 14.1. The highest BCUT2D eigenvalue weighted by Gasteiger charge is 2.31. The molecule has 0 saturated carbocycles. The minimum absolute atomic E-state index is 0.0181. The molecule has 2 aromatic rings. The Morgan fingerprint density at radius 3 is 2.73 bits per heavy atom. The molecule has 11 heteroatoms. The van der Waals surface area contributed by atoms with Crippen LogP contribution in [0.2, 0.25) is 0 Å². The summed E-state index contributed by atoms with van der Waals surface area (Å²) in [5.74, 6) is -0.146. The van der Waals surface area contributed by atoms with Gasteiger partial charge >= 0.3 is 0 Å². The van der Waals surface area contributed by atoms with E-state index < -0.39 is 11.9 Å². The number of hydrogen-bond acceptors (Lipinski definition) is 8. The van der Waals surface area contributed by atoms with Gasteiger partial charge in [0.05, 0.1) is 5.69 Å². The zero-order valence-corrected chi connectivity index (χ0v) is 16.6. The van der Waals surface area contributed by atoms with E-state index in [9.17, 15) is 9.65 Å². The maximum absolute atomic E-state index is 14.2. The summed E-state index contributed by atoms with van der Waals surface area (Å²) in [7, 11) is 0. The van der Waals surface area contributed by atoms with E-state index in [2.05, 4.69) is 36.5 Å². The molecule has 130 valence electrons. The van der Waals surface area contributed by atoms with Crippen LogP contribution in [0.1, 0.15) is 22.7 Å². The van der Waals surface area contributed by atoms with Crippen molar-refractivity contribution in [1.29, 1.82) is 10.5 Å². The topological polar surface area (TPSA) is 149 Å². The van der Waals surface area contributed by atoms with Crippen molar-refractivity contribution in [3.63, 3.8) is 0 Å². The van der Waals surface area contributed by atoms with Crippen molar-refractivity contribution in [2.24, 2.45) is 4.99 Å². The van der Waals surface area contributed by atoms with Gasteiger partial charge in [-0.15, -0.1) is 0 Å². The van der Waals surface area contributed by atoms with Crippen molar-refractivity contribution in [3.05, 3.63) is 42.7 Å². The van der Waals surface area contributed by atoms with Crippen LogP contribution in [0.4, 0.5) is 21.7 Å². The van der Waals surface area contributed by atoms with Gasteiger partial charge in [-0.2, -0.15) is 10.5 Å². The van der Waals surface area contributed by atoms with E-state index in [0.717, 1.165) is 0 Å². The van der Waals surface area contributed by atoms with Crippen molar-refractivity contribution in [1.82, 2.24) is 10.3 Å². The lowest BCUT2D eigenvalue weighted by atomic mass is 9.95. The number of nitrogens with zero attached hydrogens (tertiary/aromatic N) is 4. The lowest BCUT2D eigenvalue weighted by Crippen LogP contribution is -2.33. The molecule has 0 spiro atoms. The van der Waals surface area contributed by atoms with Gasteiger partial charge in [0.1, 0.15) is 35.1 Å². The molecule has 6 N–H and O–H groups in total. The molecule has 1 aromatic carbocycles. The number of rotatable bonds is 1. The molecule has 0 aliphatic carbocycles. The quantitative estimate of drug-likeness (QED) is 0.193. The average Bonchev–Trinajstić information content (AvgIpc) is 2.58. The molecule has 0 amide bonds.